The van der Waals surface area contributed by atoms with Crippen LogP contribution in [0.1, 0.15) is 12.0 Å². The lowest BCUT2D eigenvalue weighted by atomic mass is 9.93. The molecule has 2 aliphatic heterocycles. The molecule has 2 heterocycles. The van der Waals surface area contributed by atoms with Gasteiger partial charge >= 0.3 is 18.2 Å². The number of halogens is 3. The highest BCUT2D eigenvalue weighted by atomic mass is 19.4. The number of nitrogens with one attached hydrogen (secondary N) is 1. The summed E-state index contributed by atoms with van der Waals surface area (Å²) < 4.78 is 37.7. The van der Waals surface area contributed by atoms with Crippen molar-refractivity contribution in [2.45, 2.75) is 25.2 Å². The minimum atomic E-state index is -5.08. The Kier molecular flexibility index (Phi) is 8.27. The number of amides is 2. The molecule has 0 unspecified atom stereocenters. The molecule has 29 heavy (non-hydrogen) atoms. The third-order valence-electron chi connectivity index (χ3n) is 4.86. The first-order chi connectivity index (χ1) is 13.7. The predicted molar refractivity (Wildman–Crippen MR) is 99.3 cm³/mol. The van der Waals surface area contributed by atoms with Gasteiger partial charge in [-0.25, -0.2) is 9.59 Å². The van der Waals surface area contributed by atoms with E-state index in [0.29, 0.717) is 19.0 Å². The molecule has 3 rings (SSSR count). The molecule has 7 nitrogen and oxygen atoms in total. The number of ether oxygens (including phenoxy) is 1. The van der Waals surface area contributed by atoms with Crippen LogP contribution in [0.4, 0.5) is 18.0 Å². The Hall–Kier alpha value is -2.33. The number of carboxylic acid groups (broad SMARTS) is 1. The minimum Gasteiger partial charge on any atom is -0.475 e. The number of fused-ring (bicyclic) bond motifs is 1. The van der Waals surface area contributed by atoms with Crippen molar-refractivity contribution in [2.24, 2.45) is 5.92 Å². The minimum absolute atomic E-state index is 0.0171. The number of benzene rings is 1. The van der Waals surface area contributed by atoms with Crippen LogP contribution in [-0.4, -0.2) is 79.0 Å². The zero-order chi connectivity index (χ0) is 21.4. The summed E-state index contributed by atoms with van der Waals surface area (Å²) in [5, 5.41) is 10.1. The van der Waals surface area contributed by atoms with Gasteiger partial charge < -0.3 is 25.0 Å². The fourth-order valence-electron chi connectivity index (χ4n) is 3.28. The van der Waals surface area contributed by atoms with Crippen LogP contribution in [0.5, 0.6) is 0 Å². The number of aliphatic carboxylic acids is 1. The first kappa shape index (κ1) is 23.0. The monoisotopic (exact) mass is 417 g/mol. The maximum absolute atomic E-state index is 12.3. The SMILES string of the molecule is CN1CCO[C@@H]2CN(C(=O)NCc3ccccc3)CC[C@@H]2C1.O=C(O)C(F)(F)F. The first-order valence-electron chi connectivity index (χ1n) is 9.33. The maximum atomic E-state index is 12.3. The lowest BCUT2D eigenvalue weighted by molar-refractivity contribution is -0.192. The van der Waals surface area contributed by atoms with Crippen molar-refractivity contribution in [3.63, 3.8) is 0 Å². The summed E-state index contributed by atoms with van der Waals surface area (Å²) in [7, 11) is 2.14. The Bertz CT molecular complexity index is 672. The van der Waals surface area contributed by atoms with Gasteiger partial charge in [-0.3, -0.25) is 0 Å². The quantitative estimate of drug-likeness (QED) is 0.771. The molecular weight excluding hydrogens is 391 g/mol. The highest BCUT2D eigenvalue weighted by Gasteiger charge is 2.38. The van der Waals surface area contributed by atoms with E-state index in [1.165, 1.54) is 0 Å². The van der Waals surface area contributed by atoms with Crippen LogP contribution in [-0.2, 0) is 16.1 Å². The zero-order valence-corrected chi connectivity index (χ0v) is 16.2. The standard InChI is InChI=1S/C17H25N3O2.C2HF3O2/c1-19-9-10-22-16-13-20(8-7-15(16)12-19)17(21)18-11-14-5-3-2-4-6-14;3-2(4,5)1(6)7/h2-6,15-16H,7-13H2,1H3,(H,18,21);(H,6,7)/t15-,16-;/m1./s1. The van der Waals surface area contributed by atoms with E-state index in [9.17, 15) is 18.0 Å². The van der Waals surface area contributed by atoms with Crippen LogP contribution >= 0.6 is 0 Å². The van der Waals surface area contributed by atoms with Gasteiger partial charge in [0.15, 0.2) is 0 Å². The van der Waals surface area contributed by atoms with Crippen molar-refractivity contribution in [1.82, 2.24) is 15.1 Å². The molecule has 2 saturated heterocycles. The van der Waals surface area contributed by atoms with Crippen LogP contribution in [0.25, 0.3) is 0 Å². The molecule has 1 aromatic carbocycles. The van der Waals surface area contributed by atoms with E-state index in [2.05, 4.69) is 17.3 Å². The van der Waals surface area contributed by atoms with E-state index in [-0.39, 0.29) is 12.1 Å². The number of carbonyl (C=O) groups excluding carboxylic acids is 1. The number of alkyl halides is 3. The maximum Gasteiger partial charge on any atom is 0.490 e. The molecule has 2 atom stereocenters. The molecule has 0 saturated carbocycles. The number of hydrogen-bond acceptors (Lipinski definition) is 4. The fraction of sp³-hybridized carbons (Fsp3) is 0.579. The Morgan fingerprint density at radius 2 is 1.86 bits per heavy atom. The van der Waals surface area contributed by atoms with Crippen molar-refractivity contribution < 1.29 is 32.6 Å². The number of rotatable bonds is 2. The molecule has 2 fully saturated rings. The molecule has 0 aliphatic carbocycles. The molecule has 0 aromatic heterocycles. The van der Waals surface area contributed by atoms with Crippen LogP contribution in [0, 0.1) is 5.92 Å². The van der Waals surface area contributed by atoms with Crippen LogP contribution in [0.2, 0.25) is 0 Å². The summed E-state index contributed by atoms with van der Waals surface area (Å²) in [6, 6.07) is 10.0. The third kappa shape index (κ3) is 7.54. The van der Waals surface area contributed by atoms with Gasteiger partial charge in [-0.15, -0.1) is 0 Å². The number of carboxylic acids is 1. The van der Waals surface area contributed by atoms with E-state index in [1.54, 1.807) is 0 Å². The number of urea groups is 1. The van der Waals surface area contributed by atoms with Gasteiger partial charge in [0, 0.05) is 38.6 Å². The van der Waals surface area contributed by atoms with Gasteiger partial charge in [-0.2, -0.15) is 13.2 Å². The number of carbonyl (C=O) groups is 2. The van der Waals surface area contributed by atoms with Crippen molar-refractivity contribution in [1.29, 1.82) is 0 Å². The molecule has 0 spiro atoms. The smallest absolute Gasteiger partial charge is 0.475 e. The van der Waals surface area contributed by atoms with E-state index in [1.807, 2.05) is 35.2 Å². The molecule has 1 aromatic rings. The number of likely N-dealkylation sites (tertiary alicyclic amines) is 1. The van der Waals surface area contributed by atoms with E-state index < -0.39 is 12.1 Å². The van der Waals surface area contributed by atoms with Crippen molar-refractivity contribution in [2.75, 3.05) is 39.8 Å². The summed E-state index contributed by atoms with van der Waals surface area (Å²) in [5.74, 6) is -2.21. The molecule has 162 valence electrons. The van der Waals surface area contributed by atoms with E-state index in [4.69, 9.17) is 14.6 Å². The van der Waals surface area contributed by atoms with Gasteiger partial charge in [0.05, 0.1) is 12.7 Å². The van der Waals surface area contributed by atoms with Gasteiger partial charge in [-0.05, 0) is 19.0 Å². The van der Waals surface area contributed by atoms with Crippen molar-refractivity contribution in [3.05, 3.63) is 35.9 Å². The number of piperidine rings is 1. The van der Waals surface area contributed by atoms with Gasteiger partial charge in [-0.1, -0.05) is 30.3 Å². The van der Waals surface area contributed by atoms with E-state index in [0.717, 1.165) is 38.2 Å². The van der Waals surface area contributed by atoms with Crippen molar-refractivity contribution >= 4 is 12.0 Å². The molecular formula is C19H26F3N3O4. The highest BCUT2D eigenvalue weighted by molar-refractivity contribution is 5.74. The summed E-state index contributed by atoms with van der Waals surface area (Å²) >= 11 is 0. The van der Waals surface area contributed by atoms with Crippen LogP contribution in [0.3, 0.4) is 0 Å². The lowest BCUT2D eigenvalue weighted by Crippen LogP contribution is -2.51. The summed E-state index contributed by atoms with van der Waals surface area (Å²) in [4.78, 5) is 25.5. The Labute approximate surface area is 167 Å². The highest BCUT2D eigenvalue weighted by Crippen LogP contribution is 2.23. The summed E-state index contributed by atoms with van der Waals surface area (Å²) in [6.45, 7) is 4.92. The molecule has 2 N–H and O–H groups in total. The Balaban J connectivity index is 0.000000370. The second kappa shape index (κ2) is 10.4. The van der Waals surface area contributed by atoms with Crippen molar-refractivity contribution in [3.8, 4) is 0 Å². The fourth-order valence-corrected chi connectivity index (χ4v) is 3.28. The Morgan fingerprint density at radius 1 is 1.21 bits per heavy atom. The summed E-state index contributed by atoms with van der Waals surface area (Å²) in [5.41, 5.74) is 1.12. The third-order valence-corrected chi connectivity index (χ3v) is 4.86. The van der Waals surface area contributed by atoms with Gasteiger partial charge in [0.2, 0.25) is 0 Å². The topological polar surface area (TPSA) is 82.1 Å². The van der Waals surface area contributed by atoms with Gasteiger partial charge in [0.1, 0.15) is 0 Å². The van der Waals surface area contributed by atoms with Gasteiger partial charge in [0.25, 0.3) is 0 Å². The first-order valence-corrected chi connectivity index (χ1v) is 9.33. The number of nitrogens with zero attached hydrogens (tertiary/aromatic N) is 2. The molecule has 2 aliphatic rings. The van der Waals surface area contributed by atoms with E-state index >= 15 is 0 Å². The molecule has 0 bridgehead atoms. The average molecular weight is 417 g/mol. The average Bonchev–Trinajstić information content (AvgIpc) is 2.86. The van der Waals surface area contributed by atoms with Crippen LogP contribution in [0.15, 0.2) is 30.3 Å². The second-order valence-electron chi connectivity index (χ2n) is 7.11. The number of likely N-dealkylation sites (N-methyl/N-ethyl adjacent to an activating group) is 1. The molecule has 0 radical (unpaired) electrons. The number of hydrogen-bond donors (Lipinski definition) is 2. The predicted octanol–water partition coefficient (Wildman–Crippen LogP) is 2.18. The summed E-state index contributed by atoms with van der Waals surface area (Å²) in [6.07, 6.45) is -3.88. The molecule has 2 amide bonds. The Morgan fingerprint density at radius 3 is 2.48 bits per heavy atom. The lowest BCUT2D eigenvalue weighted by Gasteiger charge is -2.37. The van der Waals surface area contributed by atoms with Crippen LogP contribution < -0.4 is 5.32 Å². The molecule has 10 heteroatoms. The normalized spacial score (nSPS) is 22.6. The second-order valence-corrected chi connectivity index (χ2v) is 7.11. The zero-order valence-electron chi connectivity index (χ0n) is 16.2. The largest absolute Gasteiger partial charge is 0.490 e.